The van der Waals surface area contributed by atoms with E-state index >= 15 is 0 Å². The van der Waals surface area contributed by atoms with Gasteiger partial charge in [0.05, 0.1) is 13.7 Å². The third kappa shape index (κ3) is 5.69. The largest absolute Gasteiger partial charge is 0.497 e. The maximum Gasteiger partial charge on any atom is 0.191 e. The van der Waals surface area contributed by atoms with Gasteiger partial charge in [0.25, 0.3) is 0 Å². The van der Waals surface area contributed by atoms with Gasteiger partial charge in [-0.3, -0.25) is 10.1 Å². The Morgan fingerprint density at radius 1 is 1.07 bits per heavy atom. The van der Waals surface area contributed by atoms with Crippen molar-refractivity contribution in [2.24, 2.45) is 4.99 Å². The van der Waals surface area contributed by atoms with Crippen molar-refractivity contribution in [1.82, 2.24) is 25.8 Å². The first-order valence-electron chi connectivity index (χ1n) is 8.74. The minimum absolute atomic E-state index is 0. The second-order valence-corrected chi connectivity index (χ2v) is 6.04. The third-order valence-electron chi connectivity index (χ3n) is 4.23. The van der Waals surface area contributed by atoms with Gasteiger partial charge in [0.15, 0.2) is 11.8 Å². The molecule has 0 fully saturated rings. The van der Waals surface area contributed by atoms with Crippen molar-refractivity contribution in [1.29, 1.82) is 0 Å². The Morgan fingerprint density at radius 2 is 1.79 bits per heavy atom. The average molecular weight is 492 g/mol. The second kappa shape index (κ2) is 10.6. The first-order chi connectivity index (χ1) is 13.2. The van der Waals surface area contributed by atoms with Gasteiger partial charge in [0.2, 0.25) is 0 Å². The van der Waals surface area contributed by atoms with Crippen LogP contribution in [-0.4, -0.2) is 35.3 Å². The number of H-pyrrole nitrogens is 1. The molecule has 0 radical (unpaired) electrons. The summed E-state index contributed by atoms with van der Waals surface area (Å²) in [6.45, 7) is 3.30. The predicted octanol–water partition coefficient (Wildman–Crippen LogP) is 3.27. The zero-order chi connectivity index (χ0) is 19.1. The highest BCUT2D eigenvalue weighted by Gasteiger charge is 2.07. The molecule has 0 unspecified atom stereocenters. The summed E-state index contributed by atoms with van der Waals surface area (Å²) in [7, 11) is 3.39. The maximum absolute atomic E-state index is 5.17. The van der Waals surface area contributed by atoms with Crippen LogP contribution >= 0.6 is 24.0 Å². The van der Waals surface area contributed by atoms with Crippen molar-refractivity contribution in [2.45, 2.75) is 20.0 Å². The number of nitrogens with one attached hydrogen (secondary N) is 3. The summed E-state index contributed by atoms with van der Waals surface area (Å²) in [5, 5.41) is 13.8. The molecule has 3 rings (SSSR count). The summed E-state index contributed by atoms with van der Waals surface area (Å²) in [6, 6.07) is 15.9. The van der Waals surface area contributed by atoms with Crippen LogP contribution in [0.25, 0.3) is 11.4 Å². The van der Waals surface area contributed by atoms with E-state index in [-0.39, 0.29) is 24.0 Å². The monoisotopic (exact) mass is 492 g/mol. The van der Waals surface area contributed by atoms with Crippen LogP contribution in [-0.2, 0) is 13.1 Å². The molecule has 0 amide bonds. The zero-order valence-corrected chi connectivity index (χ0v) is 18.5. The van der Waals surface area contributed by atoms with Crippen molar-refractivity contribution >= 4 is 29.9 Å². The first-order valence-corrected chi connectivity index (χ1v) is 8.74. The highest BCUT2D eigenvalue weighted by Crippen LogP contribution is 2.18. The molecular formula is C20H25IN6O. The number of guanidine groups is 1. The van der Waals surface area contributed by atoms with Gasteiger partial charge in [-0.25, -0.2) is 4.98 Å². The highest BCUT2D eigenvalue weighted by molar-refractivity contribution is 14.0. The van der Waals surface area contributed by atoms with Crippen LogP contribution < -0.4 is 15.4 Å². The lowest BCUT2D eigenvalue weighted by atomic mass is 10.1. The predicted molar refractivity (Wildman–Crippen MR) is 122 cm³/mol. The van der Waals surface area contributed by atoms with Crippen LogP contribution in [0, 0.1) is 6.92 Å². The normalized spacial score (nSPS) is 10.9. The van der Waals surface area contributed by atoms with Gasteiger partial charge in [0.1, 0.15) is 11.6 Å². The molecule has 7 nitrogen and oxygen atoms in total. The standard InChI is InChI=1S/C20H24N6O.HI/c1-14-6-4-5-7-16(14)12-22-20(21-2)23-13-18-24-19(26-25-18)15-8-10-17(27-3)11-9-15;/h4-11H,12-13H2,1-3H3,(H2,21,22,23)(H,24,25,26);1H. The number of ether oxygens (including phenoxy) is 1. The van der Waals surface area contributed by atoms with Crippen LogP contribution in [0.2, 0.25) is 0 Å². The highest BCUT2D eigenvalue weighted by atomic mass is 127. The van der Waals surface area contributed by atoms with Gasteiger partial charge in [-0.15, -0.1) is 24.0 Å². The minimum Gasteiger partial charge on any atom is -0.497 e. The SMILES string of the molecule is CN=C(NCc1nc(-c2ccc(OC)cc2)n[nH]1)NCc1ccccc1C.I. The Morgan fingerprint density at radius 3 is 2.46 bits per heavy atom. The van der Waals surface area contributed by atoms with Gasteiger partial charge in [-0.1, -0.05) is 24.3 Å². The molecule has 0 aliphatic rings. The molecule has 0 atom stereocenters. The van der Waals surface area contributed by atoms with E-state index in [0.29, 0.717) is 24.9 Å². The summed E-state index contributed by atoms with van der Waals surface area (Å²) < 4.78 is 5.17. The van der Waals surface area contributed by atoms with E-state index in [1.165, 1.54) is 11.1 Å². The Labute approximate surface area is 182 Å². The van der Waals surface area contributed by atoms with Gasteiger partial charge >= 0.3 is 0 Å². The molecule has 0 aliphatic carbocycles. The molecule has 0 spiro atoms. The van der Waals surface area contributed by atoms with Gasteiger partial charge in [-0.2, -0.15) is 5.10 Å². The fourth-order valence-corrected chi connectivity index (χ4v) is 2.62. The van der Waals surface area contributed by atoms with Crippen molar-refractivity contribution in [3.05, 3.63) is 65.5 Å². The van der Waals surface area contributed by atoms with E-state index in [2.05, 4.69) is 49.9 Å². The molecule has 3 N–H and O–H groups in total. The van der Waals surface area contributed by atoms with E-state index in [4.69, 9.17) is 4.74 Å². The average Bonchev–Trinajstić information content (AvgIpc) is 3.18. The number of nitrogens with zero attached hydrogens (tertiary/aromatic N) is 3. The Bertz CT molecular complexity index is 907. The quantitative estimate of drug-likeness (QED) is 0.280. The molecule has 1 heterocycles. The maximum atomic E-state index is 5.17. The minimum atomic E-state index is 0. The molecule has 0 aliphatic heterocycles. The molecule has 0 saturated carbocycles. The fraction of sp³-hybridized carbons (Fsp3) is 0.250. The van der Waals surface area contributed by atoms with E-state index in [1.54, 1.807) is 14.2 Å². The van der Waals surface area contributed by atoms with Gasteiger partial charge < -0.3 is 15.4 Å². The van der Waals surface area contributed by atoms with E-state index in [9.17, 15) is 0 Å². The number of aliphatic imine (C=N–C) groups is 1. The van der Waals surface area contributed by atoms with Gasteiger partial charge in [0, 0.05) is 19.2 Å². The van der Waals surface area contributed by atoms with Crippen LogP contribution in [0.1, 0.15) is 17.0 Å². The number of rotatable bonds is 6. The number of hydrogen-bond donors (Lipinski definition) is 3. The van der Waals surface area contributed by atoms with Crippen LogP contribution in [0.5, 0.6) is 5.75 Å². The smallest absolute Gasteiger partial charge is 0.191 e. The summed E-state index contributed by atoms with van der Waals surface area (Å²) >= 11 is 0. The lowest BCUT2D eigenvalue weighted by Crippen LogP contribution is -2.36. The van der Waals surface area contributed by atoms with Crippen LogP contribution in [0.4, 0.5) is 0 Å². The van der Waals surface area contributed by atoms with Crippen LogP contribution in [0.15, 0.2) is 53.5 Å². The zero-order valence-electron chi connectivity index (χ0n) is 16.2. The van der Waals surface area contributed by atoms with Crippen molar-refractivity contribution in [3.8, 4) is 17.1 Å². The molecule has 0 bridgehead atoms. The number of halogens is 1. The lowest BCUT2D eigenvalue weighted by molar-refractivity contribution is 0.415. The molecule has 8 heteroatoms. The number of hydrogen-bond acceptors (Lipinski definition) is 4. The third-order valence-corrected chi connectivity index (χ3v) is 4.23. The summed E-state index contributed by atoms with van der Waals surface area (Å²) in [5.41, 5.74) is 3.42. The molecular weight excluding hydrogens is 467 g/mol. The molecule has 148 valence electrons. The van der Waals surface area contributed by atoms with Gasteiger partial charge in [-0.05, 0) is 42.3 Å². The van der Waals surface area contributed by atoms with E-state index in [1.807, 2.05) is 36.4 Å². The Kier molecular flexibility index (Phi) is 8.24. The second-order valence-electron chi connectivity index (χ2n) is 6.04. The number of methoxy groups -OCH3 is 1. The van der Waals surface area contributed by atoms with Crippen molar-refractivity contribution < 1.29 is 4.74 Å². The Hall–Kier alpha value is -2.62. The summed E-state index contributed by atoms with van der Waals surface area (Å²) in [6.07, 6.45) is 0. The molecule has 0 saturated heterocycles. The fourth-order valence-electron chi connectivity index (χ4n) is 2.62. The van der Waals surface area contributed by atoms with E-state index in [0.717, 1.165) is 17.1 Å². The lowest BCUT2D eigenvalue weighted by Gasteiger charge is -2.12. The molecule has 1 aromatic heterocycles. The number of aromatic amines is 1. The number of aryl methyl sites for hydroxylation is 1. The van der Waals surface area contributed by atoms with Crippen molar-refractivity contribution in [2.75, 3.05) is 14.2 Å². The van der Waals surface area contributed by atoms with E-state index < -0.39 is 0 Å². The first kappa shape index (κ1) is 21.7. The molecule has 3 aromatic rings. The Balaban J connectivity index is 0.00000280. The van der Waals surface area contributed by atoms with Crippen molar-refractivity contribution in [3.63, 3.8) is 0 Å². The number of aromatic nitrogens is 3. The molecule has 2 aromatic carbocycles. The summed E-state index contributed by atoms with van der Waals surface area (Å²) in [4.78, 5) is 8.77. The van der Waals surface area contributed by atoms with Crippen LogP contribution in [0.3, 0.4) is 0 Å². The molecule has 28 heavy (non-hydrogen) atoms. The topological polar surface area (TPSA) is 87.2 Å². The number of benzene rings is 2. The summed E-state index contributed by atoms with van der Waals surface area (Å²) in [5.74, 6) is 2.90.